The van der Waals surface area contributed by atoms with Gasteiger partial charge in [-0.1, -0.05) is 0 Å². The number of hydrogen-bond acceptors (Lipinski definition) is 4. The Morgan fingerprint density at radius 1 is 1.12 bits per heavy atom. The number of methoxy groups -OCH3 is 1. The minimum atomic E-state index is -0.186. The predicted octanol–water partition coefficient (Wildman–Crippen LogP) is 3.51. The Morgan fingerprint density at radius 3 is 2.72 bits per heavy atom. The van der Waals surface area contributed by atoms with Gasteiger partial charge in [-0.3, -0.25) is 4.79 Å². The molecule has 3 aromatic rings. The fraction of sp³-hybridized carbons (Fsp3) is 0.211. The van der Waals surface area contributed by atoms with Crippen molar-refractivity contribution in [2.45, 2.75) is 6.92 Å². The number of carbonyl (C=O) groups is 1. The number of carbonyl (C=O) groups excluding carboxylic acids is 1. The molecule has 1 aliphatic heterocycles. The van der Waals surface area contributed by atoms with Crippen LogP contribution in [0.3, 0.4) is 0 Å². The number of anilines is 1. The molecular weight excluding hydrogens is 320 g/mol. The van der Waals surface area contributed by atoms with Gasteiger partial charge in [0, 0.05) is 28.4 Å². The minimum Gasteiger partial charge on any atom is -0.497 e. The zero-order chi connectivity index (χ0) is 17.4. The SMILES string of the molecule is COc1ccc2[nH]c(C)c(C(=O)Nc3ccc4c(c3)OCCO4)c2c1. The van der Waals surface area contributed by atoms with Gasteiger partial charge in [-0.05, 0) is 37.3 Å². The van der Waals surface area contributed by atoms with Crippen molar-refractivity contribution in [3.8, 4) is 17.2 Å². The summed E-state index contributed by atoms with van der Waals surface area (Å²) in [5, 5.41) is 3.76. The summed E-state index contributed by atoms with van der Waals surface area (Å²) in [5.74, 6) is 1.85. The van der Waals surface area contributed by atoms with Crippen molar-refractivity contribution in [2.75, 3.05) is 25.6 Å². The Morgan fingerprint density at radius 2 is 1.92 bits per heavy atom. The van der Waals surface area contributed by atoms with Crippen LogP contribution in [0, 0.1) is 6.92 Å². The lowest BCUT2D eigenvalue weighted by molar-refractivity contribution is 0.102. The first-order chi connectivity index (χ1) is 12.2. The van der Waals surface area contributed by atoms with Gasteiger partial charge < -0.3 is 24.5 Å². The Labute approximate surface area is 144 Å². The molecule has 0 atom stereocenters. The van der Waals surface area contributed by atoms with Crippen LogP contribution in [0.1, 0.15) is 16.1 Å². The van der Waals surface area contributed by atoms with Crippen LogP contribution in [0.25, 0.3) is 10.9 Å². The molecule has 1 amide bonds. The molecule has 0 radical (unpaired) electrons. The fourth-order valence-corrected chi connectivity index (χ4v) is 3.04. The molecule has 0 aliphatic carbocycles. The molecule has 2 N–H and O–H groups in total. The number of H-pyrrole nitrogens is 1. The number of aromatic nitrogens is 1. The summed E-state index contributed by atoms with van der Waals surface area (Å²) >= 11 is 0. The van der Waals surface area contributed by atoms with Gasteiger partial charge in [0.25, 0.3) is 5.91 Å². The van der Waals surface area contributed by atoms with Crippen LogP contribution in [-0.2, 0) is 0 Å². The second-order valence-corrected chi connectivity index (χ2v) is 5.85. The van der Waals surface area contributed by atoms with Crippen LogP contribution in [0.4, 0.5) is 5.69 Å². The topological polar surface area (TPSA) is 72.6 Å². The molecule has 1 aromatic heterocycles. The lowest BCUT2D eigenvalue weighted by Crippen LogP contribution is -2.16. The summed E-state index contributed by atoms with van der Waals surface area (Å²) < 4.78 is 16.3. The highest BCUT2D eigenvalue weighted by atomic mass is 16.6. The van der Waals surface area contributed by atoms with E-state index in [1.165, 1.54) is 0 Å². The van der Waals surface area contributed by atoms with E-state index >= 15 is 0 Å². The molecule has 2 heterocycles. The van der Waals surface area contributed by atoms with Crippen LogP contribution in [0.15, 0.2) is 36.4 Å². The van der Waals surface area contributed by atoms with E-state index in [4.69, 9.17) is 14.2 Å². The summed E-state index contributed by atoms with van der Waals surface area (Å²) in [6, 6.07) is 11.0. The molecule has 0 bridgehead atoms. The van der Waals surface area contributed by atoms with Gasteiger partial charge in [0.1, 0.15) is 19.0 Å². The smallest absolute Gasteiger partial charge is 0.258 e. The second kappa shape index (κ2) is 6.05. The van der Waals surface area contributed by atoms with Crippen LogP contribution in [0.2, 0.25) is 0 Å². The van der Waals surface area contributed by atoms with Gasteiger partial charge in [-0.15, -0.1) is 0 Å². The number of rotatable bonds is 3. The second-order valence-electron chi connectivity index (χ2n) is 5.85. The van der Waals surface area contributed by atoms with E-state index in [1.807, 2.05) is 25.1 Å². The van der Waals surface area contributed by atoms with E-state index in [1.54, 1.807) is 25.3 Å². The largest absolute Gasteiger partial charge is 0.497 e. The molecule has 0 unspecified atom stereocenters. The highest BCUT2D eigenvalue weighted by molar-refractivity contribution is 6.14. The normalized spacial score (nSPS) is 12.9. The average molecular weight is 338 g/mol. The number of aromatic amines is 1. The highest BCUT2D eigenvalue weighted by Crippen LogP contribution is 2.33. The summed E-state index contributed by atoms with van der Waals surface area (Å²) in [6.45, 7) is 2.92. The predicted molar refractivity (Wildman–Crippen MR) is 95.0 cm³/mol. The quantitative estimate of drug-likeness (QED) is 0.766. The lowest BCUT2D eigenvalue weighted by atomic mass is 10.1. The molecule has 0 spiro atoms. The van der Waals surface area contributed by atoms with Crippen LogP contribution < -0.4 is 19.5 Å². The van der Waals surface area contributed by atoms with Gasteiger partial charge in [0.15, 0.2) is 11.5 Å². The number of nitrogens with one attached hydrogen (secondary N) is 2. The van der Waals surface area contributed by atoms with Crippen molar-refractivity contribution in [1.29, 1.82) is 0 Å². The zero-order valence-corrected chi connectivity index (χ0v) is 14.0. The summed E-state index contributed by atoms with van der Waals surface area (Å²) in [6.07, 6.45) is 0. The number of hydrogen-bond donors (Lipinski definition) is 2. The van der Waals surface area contributed by atoms with E-state index in [0.29, 0.717) is 41.7 Å². The van der Waals surface area contributed by atoms with Gasteiger partial charge >= 0.3 is 0 Å². The Bertz CT molecular complexity index is 961. The molecule has 0 saturated carbocycles. The number of benzene rings is 2. The third-order valence-electron chi connectivity index (χ3n) is 4.22. The van der Waals surface area contributed by atoms with Crippen LogP contribution in [0.5, 0.6) is 17.2 Å². The lowest BCUT2D eigenvalue weighted by Gasteiger charge is -2.19. The Balaban J connectivity index is 1.67. The molecule has 6 nitrogen and oxygen atoms in total. The van der Waals surface area contributed by atoms with Crippen LogP contribution in [-0.4, -0.2) is 31.2 Å². The van der Waals surface area contributed by atoms with Crippen LogP contribution >= 0.6 is 0 Å². The summed E-state index contributed by atoms with van der Waals surface area (Å²) in [4.78, 5) is 16.1. The Kier molecular flexibility index (Phi) is 3.72. The van der Waals surface area contributed by atoms with E-state index in [-0.39, 0.29) is 5.91 Å². The first-order valence-corrected chi connectivity index (χ1v) is 8.03. The van der Waals surface area contributed by atoms with E-state index in [9.17, 15) is 4.79 Å². The van der Waals surface area contributed by atoms with Crippen molar-refractivity contribution >= 4 is 22.5 Å². The zero-order valence-electron chi connectivity index (χ0n) is 14.0. The highest BCUT2D eigenvalue weighted by Gasteiger charge is 2.18. The van der Waals surface area contributed by atoms with Crippen molar-refractivity contribution in [1.82, 2.24) is 4.98 Å². The summed E-state index contributed by atoms with van der Waals surface area (Å²) in [7, 11) is 1.61. The van der Waals surface area contributed by atoms with Crippen molar-refractivity contribution in [2.24, 2.45) is 0 Å². The van der Waals surface area contributed by atoms with Gasteiger partial charge in [0.2, 0.25) is 0 Å². The van der Waals surface area contributed by atoms with Crippen molar-refractivity contribution < 1.29 is 19.0 Å². The molecule has 128 valence electrons. The molecule has 1 aliphatic rings. The number of amides is 1. The first kappa shape index (κ1) is 15.4. The van der Waals surface area contributed by atoms with E-state index in [2.05, 4.69) is 10.3 Å². The maximum absolute atomic E-state index is 12.8. The van der Waals surface area contributed by atoms with Gasteiger partial charge in [0.05, 0.1) is 12.7 Å². The van der Waals surface area contributed by atoms with Crippen molar-refractivity contribution in [3.05, 3.63) is 47.7 Å². The van der Waals surface area contributed by atoms with Gasteiger partial charge in [-0.25, -0.2) is 0 Å². The monoisotopic (exact) mass is 338 g/mol. The third-order valence-corrected chi connectivity index (χ3v) is 4.22. The average Bonchev–Trinajstić information content (AvgIpc) is 2.96. The molecular formula is C19H18N2O4. The maximum Gasteiger partial charge on any atom is 0.258 e. The standard InChI is InChI=1S/C19H18N2O4/c1-11-18(14-10-13(23-2)4-5-15(14)20-11)19(22)21-12-3-6-16-17(9-12)25-8-7-24-16/h3-6,9-10,20H,7-8H2,1-2H3,(H,21,22). The van der Waals surface area contributed by atoms with Crippen molar-refractivity contribution in [3.63, 3.8) is 0 Å². The van der Waals surface area contributed by atoms with E-state index < -0.39 is 0 Å². The molecule has 0 saturated heterocycles. The maximum atomic E-state index is 12.8. The number of aryl methyl sites for hydroxylation is 1. The third kappa shape index (κ3) is 2.76. The molecule has 25 heavy (non-hydrogen) atoms. The summed E-state index contributed by atoms with van der Waals surface area (Å²) in [5.41, 5.74) is 2.96. The number of fused-ring (bicyclic) bond motifs is 2. The molecule has 6 heteroatoms. The molecule has 4 rings (SSSR count). The number of ether oxygens (including phenoxy) is 3. The van der Waals surface area contributed by atoms with E-state index in [0.717, 1.165) is 16.6 Å². The van der Waals surface area contributed by atoms with Gasteiger partial charge in [-0.2, -0.15) is 0 Å². The Hall–Kier alpha value is -3.15. The fourth-order valence-electron chi connectivity index (χ4n) is 3.04. The first-order valence-electron chi connectivity index (χ1n) is 8.03. The minimum absolute atomic E-state index is 0.186. The molecule has 0 fully saturated rings. The molecule has 2 aromatic carbocycles.